The molecule has 0 spiro atoms. The average molecular weight is 364 g/mol. The quantitative estimate of drug-likeness (QED) is 0.525. The van der Waals surface area contributed by atoms with Crippen LogP contribution in [0, 0.1) is 0 Å². The van der Waals surface area contributed by atoms with E-state index in [9.17, 15) is 0 Å². The van der Waals surface area contributed by atoms with Gasteiger partial charge in [-0.2, -0.15) is 0 Å². The van der Waals surface area contributed by atoms with E-state index in [1.165, 1.54) is 33.5 Å². The molecule has 3 aromatic carbocycles. The van der Waals surface area contributed by atoms with Gasteiger partial charge in [0.15, 0.2) is 0 Å². The first-order valence-electron chi connectivity index (χ1n) is 10.1. The van der Waals surface area contributed by atoms with Crippen LogP contribution in [-0.4, -0.2) is 0 Å². The van der Waals surface area contributed by atoms with Crippen LogP contribution in [0.15, 0.2) is 102 Å². The molecule has 138 valence electrons. The molecule has 1 heteroatoms. The van der Waals surface area contributed by atoms with Gasteiger partial charge >= 0.3 is 0 Å². The lowest BCUT2D eigenvalue weighted by Gasteiger charge is -2.27. The number of rotatable bonds is 3. The molecular formula is C27H25N. The van der Waals surface area contributed by atoms with Crippen LogP contribution in [-0.2, 0) is 5.41 Å². The predicted octanol–water partition coefficient (Wildman–Crippen LogP) is 7.05. The number of hydrogen-bond acceptors (Lipinski definition) is 1. The van der Waals surface area contributed by atoms with Crippen LogP contribution in [0.25, 0.3) is 11.1 Å². The minimum atomic E-state index is 0.0968. The van der Waals surface area contributed by atoms with E-state index in [-0.39, 0.29) is 5.41 Å². The Hall–Kier alpha value is -3.06. The highest BCUT2D eigenvalue weighted by atomic mass is 14.9. The first kappa shape index (κ1) is 17.1. The number of fused-ring (bicyclic) bond motifs is 3. The van der Waals surface area contributed by atoms with Gasteiger partial charge in [0.05, 0.1) is 0 Å². The van der Waals surface area contributed by atoms with Crippen molar-refractivity contribution in [2.24, 2.45) is 0 Å². The van der Waals surface area contributed by atoms with Gasteiger partial charge in [0.1, 0.15) is 0 Å². The van der Waals surface area contributed by atoms with E-state index in [4.69, 9.17) is 0 Å². The van der Waals surface area contributed by atoms with Crippen molar-refractivity contribution in [2.45, 2.75) is 31.6 Å². The summed E-state index contributed by atoms with van der Waals surface area (Å²) in [5, 5.41) is 3.62. The van der Waals surface area contributed by atoms with Crippen molar-refractivity contribution in [3.05, 3.63) is 113 Å². The maximum Gasteiger partial charge on any atom is 0.0384 e. The Morgan fingerprint density at radius 2 is 1.46 bits per heavy atom. The molecule has 0 radical (unpaired) electrons. The summed E-state index contributed by atoms with van der Waals surface area (Å²) in [7, 11) is 0. The number of anilines is 1. The standard InChI is InChI=1S/C27H25N/c1-27(2)25-11-7-6-10-23(25)24-17-16-22(18-26(24)27)28-21-14-12-20(13-15-21)19-8-4-3-5-9-19/h3-16,18,24,28H,17H2,1-2H3. The fourth-order valence-corrected chi connectivity index (χ4v) is 4.77. The lowest BCUT2D eigenvalue weighted by molar-refractivity contribution is 0.610. The van der Waals surface area contributed by atoms with Crippen LogP contribution in [0.5, 0.6) is 0 Å². The second kappa shape index (κ2) is 6.53. The highest BCUT2D eigenvalue weighted by Crippen LogP contribution is 2.53. The van der Waals surface area contributed by atoms with Crippen LogP contribution in [0.3, 0.4) is 0 Å². The topological polar surface area (TPSA) is 12.0 Å². The molecule has 1 N–H and O–H groups in total. The summed E-state index contributed by atoms with van der Waals surface area (Å²) < 4.78 is 0. The van der Waals surface area contributed by atoms with Crippen LogP contribution in [0.4, 0.5) is 5.69 Å². The summed E-state index contributed by atoms with van der Waals surface area (Å²) in [6.45, 7) is 4.71. The summed E-state index contributed by atoms with van der Waals surface area (Å²) >= 11 is 0. The Labute approximate surface area is 167 Å². The first-order valence-corrected chi connectivity index (χ1v) is 10.1. The third-order valence-electron chi connectivity index (χ3n) is 6.27. The van der Waals surface area contributed by atoms with Gasteiger partial charge < -0.3 is 5.32 Å². The van der Waals surface area contributed by atoms with E-state index in [2.05, 4.69) is 110 Å². The van der Waals surface area contributed by atoms with E-state index in [0.717, 1.165) is 12.1 Å². The number of hydrogen-bond donors (Lipinski definition) is 1. The van der Waals surface area contributed by atoms with Crippen molar-refractivity contribution < 1.29 is 0 Å². The molecular weight excluding hydrogens is 338 g/mol. The van der Waals surface area contributed by atoms with Crippen LogP contribution < -0.4 is 5.32 Å². The molecule has 1 nitrogen and oxygen atoms in total. The van der Waals surface area contributed by atoms with Crippen molar-refractivity contribution in [1.82, 2.24) is 0 Å². The molecule has 1 unspecified atom stereocenters. The molecule has 5 rings (SSSR count). The molecule has 2 aliphatic rings. The lowest BCUT2D eigenvalue weighted by atomic mass is 9.78. The minimum Gasteiger partial charge on any atom is -0.356 e. The van der Waals surface area contributed by atoms with E-state index >= 15 is 0 Å². The maximum absolute atomic E-state index is 3.62. The van der Waals surface area contributed by atoms with Crippen LogP contribution in [0.2, 0.25) is 0 Å². The normalized spacial score (nSPS) is 19.3. The monoisotopic (exact) mass is 363 g/mol. The first-order chi connectivity index (χ1) is 13.6. The molecule has 0 heterocycles. The Morgan fingerprint density at radius 1 is 0.786 bits per heavy atom. The lowest BCUT2D eigenvalue weighted by Crippen LogP contribution is -2.19. The van der Waals surface area contributed by atoms with Crippen molar-refractivity contribution in [3.8, 4) is 11.1 Å². The highest BCUT2D eigenvalue weighted by Gasteiger charge is 2.41. The van der Waals surface area contributed by atoms with Gasteiger partial charge in [0.2, 0.25) is 0 Å². The van der Waals surface area contributed by atoms with Gasteiger partial charge in [-0.1, -0.05) is 92.2 Å². The molecule has 2 aliphatic carbocycles. The maximum atomic E-state index is 3.62. The molecule has 0 fully saturated rings. The zero-order chi connectivity index (χ0) is 19.1. The molecule has 1 atom stereocenters. The SMILES string of the molecule is CC1(C)C2=CC(Nc3ccc(-c4ccccc4)cc3)=CCC2c2ccccc21. The number of allylic oxidation sites excluding steroid dienone is 3. The van der Waals surface area contributed by atoms with Gasteiger partial charge in [-0.05, 0) is 46.9 Å². The van der Waals surface area contributed by atoms with Crippen molar-refractivity contribution in [1.29, 1.82) is 0 Å². The second-order valence-electron chi connectivity index (χ2n) is 8.33. The fraction of sp³-hybridized carbons (Fsp3) is 0.185. The fourth-order valence-electron chi connectivity index (χ4n) is 4.77. The van der Waals surface area contributed by atoms with Crippen molar-refractivity contribution in [2.75, 3.05) is 5.32 Å². The molecule has 3 aromatic rings. The van der Waals surface area contributed by atoms with Gasteiger partial charge in [-0.15, -0.1) is 0 Å². The third kappa shape index (κ3) is 2.79. The molecule has 0 saturated carbocycles. The van der Waals surface area contributed by atoms with Gasteiger partial charge in [0.25, 0.3) is 0 Å². The molecule has 0 aromatic heterocycles. The Balaban J connectivity index is 1.39. The van der Waals surface area contributed by atoms with Crippen LogP contribution >= 0.6 is 0 Å². The summed E-state index contributed by atoms with van der Waals surface area (Å²) in [5.41, 5.74) is 9.44. The zero-order valence-electron chi connectivity index (χ0n) is 16.4. The van der Waals surface area contributed by atoms with E-state index in [1.54, 1.807) is 0 Å². The Morgan fingerprint density at radius 3 is 2.25 bits per heavy atom. The van der Waals surface area contributed by atoms with E-state index < -0.39 is 0 Å². The van der Waals surface area contributed by atoms with Gasteiger partial charge in [-0.25, -0.2) is 0 Å². The molecule has 28 heavy (non-hydrogen) atoms. The van der Waals surface area contributed by atoms with E-state index in [0.29, 0.717) is 5.92 Å². The second-order valence-corrected chi connectivity index (χ2v) is 8.33. The molecule has 0 saturated heterocycles. The summed E-state index contributed by atoms with van der Waals surface area (Å²) in [6, 6.07) is 28.2. The molecule has 0 amide bonds. The predicted molar refractivity (Wildman–Crippen MR) is 118 cm³/mol. The van der Waals surface area contributed by atoms with Crippen molar-refractivity contribution in [3.63, 3.8) is 0 Å². The zero-order valence-corrected chi connectivity index (χ0v) is 16.4. The minimum absolute atomic E-state index is 0.0968. The summed E-state index contributed by atoms with van der Waals surface area (Å²) in [4.78, 5) is 0. The van der Waals surface area contributed by atoms with Crippen molar-refractivity contribution >= 4 is 5.69 Å². The van der Waals surface area contributed by atoms with Gasteiger partial charge in [0, 0.05) is 22.7 Å². The van der Waals surface area contributed by atoms with E-state index in [1.807, 2.05) is 0 Å². The number of nitrogens with one attached hydrogen (secondary N) is 1. The van der Waals surface area contributed by atoms with Gasteiger partial charge in [-0.3, -0.25) is 0 Å². The van der Waals surface area contributed by atoms with Crippen LogP contribution in [0.1, 0.15) is 37.3 Å². The highest BCUT2D eigenvalue weighted by molar-refractivity contribution is 5.67. The number of benzene rings is 3. The smallest absolute Gasteiger partial charge is 0.0384 e. The largest absolute Gasteiger partial charge is 0.356 e. The average Bonchev–Trinajstić information content (AvgIpc) is 2.97. The Kier molecular flexibility index (Phi) is 3.98. The third-order valence-corrected chi connectivity index (χ3v) is 6.27. The molecule has 0 aliphatic heterocycles. The molecule has 0 bridgehead atoms. The summed E-state index contributed by atoms with van der Waals surface area (Å²) in [6.07, 6.45) is 5.79. The summed E-state index contributed by atoms with van der Waals surface area (Å²) in [5.74, 6) is 0.525. The Bertz CT molecular complexity index is 1070.